The lowest BCUT2D eigenvalue weighted by Gasteiger charge is -2.22. The summed E-state index contributed by atoms with van der Waals surface area (Å²) < 4.78 is 5.51. The van der Waals surface area contributed by atoms with Crippen LogP contribution in [-0.4, -0.2) is 18.1 Å². The Bertz CT molecular complexity index is 413. The van der Waals surface area contributed by atoms with Crippen molar-refractivity contribution in [2.45, 2.75) is 52.1 Å². The molecule has 0 aliphatic rings. The lowest BCUT2D eigenvalue weighted by molar-refractivity contribution is -0.126. The highest BCUT2D eigenvalue weighted by Crippen LogP contribution is 2.13. The van der Waals surface area contributed by atoms with E-state index < -0.39 is 5.54 Å². The average molecular weight is 278 g/mol. The summed E-state index contributed by atoms with van der Waals surface area (Å²) in [6.45, 7) is 7.08. The minimum Gasteiger partial charge on any atom is -0.494 e. The van der Waals surface area contributed by atoms with Crippen LogP contribution in [0.5, 0.6) is 5.75 Å². The van der Waals surface area contributed by atoms with Gasteiger partial charge in [0.2, 0.25) is 5.91 Å². The van der Waals surface area contributed by atoms with E-state index in [9.17, 15) is 4.79 Å². The van der Waals surface area contributed by atoms with Crippen LogP contribution in [0.25, 0.3) is 0 Å². The Morgan fingerprint density at radius 3 is 2.45 bits per heavy atom. The Balaban J connectivity index is 2.47. The third-order valence-corrected chi connectivity index (χ3v) is 3.14. The summed E-state index contributed by atoms with van der Waals surface area (Å²) in [4.78, 5) is 12.0. The topological polar surface area (TPSA) is 64.3 Å². The van der Waals surface area contributed by atoms with Crippen molar-refractivity contribution < 1.29 is 9.53 Å². The van der Waals surface area contributed by atoms with E-state index in [1.54, 1.807) is 6.92 Å². The molecule has 0 aliphatic heterocycles. The Morgan fingerprint density at radius 2 is 1.90 bits per heavy atom. The van der Waals surface area contributed by atoms with Gasteiger partial charge < -0.3 is 15.8 Å². The van der Waals surface area contributed by atoms with E-state index in [2.05, 4.69) is 12.2 Å². The monoisotopic (exact) mass is 278 g/mol. The molecule has 1 unspecified atom stereocenters. The summed E-state index contributed by atoms with van der Waals surface area (Å²) in [7, 11) is 0. The largest absolute Gasteiger partial charge is 0.494 e. The number of hydrogen-bond donors (Lipinski definition) is 2. The summed E-state index contributed by atoms with van der Waals surface area (Å²) in [6, 6.07) is 7.76. The number of nitrogens with two attached hydrogens (primary N) is 1. The normalized spacial score (nSPS) is 13.6. The first-order valence-electron chi connectivity index (χ1n) is 7.28. The number of rotatable bonds is 8. The second-order valence-corrected chi connectivity index (χ2v) is 5.34. The molecular weight excluding hydrogens is 252 g/mol. The Labute approximate surface area is 121 Å². The molecule has 20 heavy (non-hydrogen) atoms. The van der Waals surface area contributed by atoms with Crippen LogP contribution in [0.4, 0.5) is 0 Å². The van der Waals surface area contributed by atoms with Crippen molar-refractivity contribution in [3.05, 3.63) is 29.8 Å². The molecule has 4 heteroatoms. The molecule has 1 aromatic rings. The Hall–Kier alpha value is -1.55. The standard InChI is InChI=1S/C16H26N2O2/c1-4-10-16(3,17)15(19)18-12-13-6-8-14(9-7-13)20-11-5-2/h6-9H,4-5,10-12,17H2,1-3H3,(H,18,19). The summed E-state index contributed by atoms with van der Waals surface area (Å²) in [5.41, 5.74) is 6.23. The molecule has 0 radical (unpaired) electrons. The maximum atomic E-state index is 12.0. The van der Waals surface area contributed by atoms with E-state index in [4.69, 9.17) is 10.5 Å². The van der Waals surface area contributed by atoms with Crippen molar-refractivity contribution in [1.29, 1.82) is 0 Å². The van der Waals surface area contributed by atoms with E-state index in [-0.39, 0.29) is 5.91 Å². The zero-order valence-corrected chi connectivity index (χ0v) is 12.7. The highest BCUT2D eigenvalue weighted by Gasteiger charge is 2.26. The van der Waals surface area contributed by atoms with Gasteiger partial charge in [-0.1, -0.05) is 32.4 Å². The van der Waals surface area contributed by atoms with Crippen molar-refractivity contribution in [3.63, 3.8) is 0 Å². The molecule has 0 bridgehead atoms. The third-order valence-electron chi connectivity index (χ3n) is 3.14. The highest BCUT2D eigenvalue weighted by atomic mass is 16.5. The zero-order valence-electron chi connectivity index (χ0n) is 12.7. The van der Waals surface area contributed by atoms with Crippen LogP contribution in [0.2, 0.25) is 0 Å². The molecule has 0 fully saturated rings. The Kier molecular flexibility index (Phi) is 6.52. The van der Waals surface area contributed by atoms with E-state index in [0.717, 1.165) is 30.8 Å². The first kappa shape index (κ1) is 16.5. The molecule has 0 heterocycles. The van der Waals surface area contributed by atoms with Crippen molar-refractivity contribution in [1.82, 2.24) is 5.32 Å². The van der Waals surface area contributed by atoms with E-state index in [0.29, 0.717) is 13.0 Å². The average Bonchev–Trinajstić information content (AvgIpc) is 2.43. The zero-order chi connectivity index (χ0) is 15.0. The van der Waals surface area contributed by atoms with Gasteiger partial charge in [0.25, 0.3) is 0 Å². The summed E-state index contributed by atoms with van der Waals surface area (Å²) in [5, 5.41) is 2.88. The molecule has 112 valence electrons. The predicted octanol–water partition coefficient (Wildman–Crippen LogP) is 2.61. The molecule has 0 saturated heterocycles. The van der Waals surface area contributed by atoms with Gasteiger partial charge >= 0.3 is 0 Å². The third kappa shape index (κ3) is 5.21. The summed E-state index contributed by atoms with van der Waals surface area (Å²) in [6.07, 6.45) is 2.57. The lowest BCUT2D eigenvalue weighted by Crippen LogP contribution is -2.51. The van der Waals surface area contributed by atoms with Crippen molar-refractivity contribution >= 4 is 5.91 Å². The quantitative estimate of drug-likeness (QED) is 0.768. The molecule has 1 amide bonds. The molecule has 1 rings (SSSR count). The number of carbonyl (C=O) groups is 1. The van der Waals surface area contributed by atoms with Crippen molar-refractivity contribution in [2.24, 2.45) is 5.73 Å². The SMILES string of the molecule is CCCOc1ccc(CNC(=O)C(C)(N)CCC)cc1. The van der Waals surface area contributed by atoms with Gasteiger partial charge in [0.1, 0.15) is 5.75 Å². The Morgan fingerprint density at radius 1 is 1.25 bits per heavy atom. The summed E-state index contributed by atoms with van der Waals surface area (Å²) >= 11 is 0. The van der Waals surface area contributed by atoms with Crippen LogP contribution >= 0.6 is 0 Å². The minimum absolute atomic E-state index is 0.106. The predicted molar refractivity (Wildman–Crippen MR) is 81.6 cm³/mol. The number of amides is 1. The van der Waals surface area contributed by atoms with E-state index in [1.165, 1.54) is 0 Å². The summed E-state index contributed by atoms with van der Waals surface area (Å²) in [5.74, 6) is 0.752. The number of nitrogens with one attached hydrogen (secondary N) is 1. The number of benzene rings is 1. The van der Waals surface area contributed by atoms with Crippen LogP contribution in [0.1, 0.15) is 45.6 Å². The van der Waals surface area contributed by atoms with Gasteiger partial charge in [0.05, 0.1) is 12.1 Å². The first-order valence-corrected chi connectivity index (χ1v) is 7.28. The van der Waals surface area contributed by atoms with Crippen LogP contribution in [0.3, 0.4) is 0 Å². The van der Waals surface area contributed by atoms with Gasteiger partial charge in [-0.05, 0) is 37.5 Å². The van der Waals surface area contributed by atoms with Crippen LogP contribution in [-0.2, 0) is 11.3 Å². The second kappa shape index (κ2) is 7.90. The van der Waals surface area contributed by atoms with Crippen molar-refractivity contribution in [2.75, 3.05) is 6.61 Å². The fourth-order valence-electron chi connectivity index (χ4n) is 1.94. The smallest absolute Gasteiger partial charge is 0.240 e. The molecule has 3 N–H and O–H groups in total. The van der Waals surface area contributed by atoms with Crippen LogP contribution in [0.15, 0.2) is 24.3 Å². The van der Waals surface area contributed by atoms with E-state index >= 15 is 0 Å². The maximum Gasteiger partial charge on any atom is 0.240 e. The second-order valence-electron chi connectivity index (χ2n) is 5.34. The van der Waals surface area contributed by atoms with Gasteiger partial charge in [0, 0.05) is 6.54 Å². The molecule has 0 aromatic heterocycles. The molecule has 1 aromatic carbocycles. The van der Waals surface area contributed by atoms with Gasteiger partial charge in [-0.2, -0.15) is 0 Å². The maximum absolute atomic E-state index is 12.0. The molecule has 4 nitrogen and oxygen atoms in total. The molecule has 0 aliphatic carbocycles. The fourth-order valence-corrected chi connectivity index (χ4v) is 1.94. The minimum atomic E-state index is -0.793. The first-order chi connectivity index (χ1) is 9.49. The van der Waals surface area contributed by atoms with E-state index in [1.807, 2.05) is 31.2 Å². The fraction of sp³-hybridized carbons (Fsp3) is 0.562. The number of ether oxygens (including phenoxy) is 1. The van der Waals surface area contributed by atoms with Gasteiger partial charge in [0.15, 0.2) is 0 Å². The molecule has 1 atom stereocenters. The van der Waals surface area contributed by atoms with Gasteiger partial charge in [-0.25, -0.2) is 0 Å². The van der Waals surface area contributed by atoms with Gasteiger partial charge in [-0.15, -0.1) is 0 Å². The van der Waals surface area contributed by atoms with Crippen LogP contribution in [0, 0.1) is 0 Å². The van der Waals surface area contributed by atoms with Crippen molar-refractivity contribution in [3.8, 4) is 5.75 Å². The molecule has 0 saturated carbocycles. The molecule has 0 spiro atoms. The van der Waals surface area contributed by atoms with Crippen LogP contribution < -0.4 is 15.8 Å². The number of carbonyl (C=O) groups excluding carboxylic acids is 1. The number of hydrogen-bond acceptors (Lipinski definition) is 3. The molecular formula is C16H26N2O2. The lowest BCUT2D eigenvalue weighted by atomic mass is 9.96. The highest BCUT2D eigenvalue weighted by molar-refractivity contribution is 5.85. The van der Waals surface area contributed by atoms with Gasteiger partial charge in [-0.3, -0.25) is 4.79 Å².